The molecule has 0 fully saturated rings. The van der Waals surface area contributed by atoms with Crippen LogP contribution in [0.5, 0.6) is 0 Å². The minimum absolute atomic E-state index is 0.813. The van der Waals surface area contributed by atoms with Gasteiger partial charge in [0.25, 0.3) is 0 Å². The van der Waals surface area contributed by atoms with Crippen molar-refractivity contribution in [1.29, 1.82) is 0 Å². The molecule has 1 unspecified atom stereocenters. The Bertz CT molecular complexity index is 1180. The lowest BCUT2D eigenvalue weighted by molar-refractivity contribution is 0.503. The van der Waals surface area contributed by atoms with Crippen molar-refractivity contribution >= 4 is 22.9 Å². The molecule has 0 saturated carbocycles. The first-order valence-corrected chi connectivity index (χ1v) is 10.5. The van der Waals surface area contributed by atoms with Crippen molar-refractivity contribution in [1.82, 2.24) is 0 Å². The zero-order valence-electron chi connectivity index (χ0n) is 16.7. The second-order valence-electron chi connectivity index (χ2n) is 8.70. The van der Waals surface area contributed by atoms with Gasteiger partial charge in [-0.25, -0.2) is 0 Å². The number of hydrogen-bond acceptors (Lipinski definition) is 0. The van der Waals surface area contributed by atoms with Crippen LogP contribution in [0.15, 0.2) is 36.4 Å². The normalized spacial score (nSPS) is 18.4. The topological polar surface area (TPSA) is 0 Å². The molecule has 2 aliphatic rings. The van der Waals surface area contributed by atoms with Gasteiger partial charge in [0.15, 0.2) is 0 Å². The molecule has 0 nitrogen and oxygen atoms in total. The smallest absolute Gasteiger partial charge is 0.00965 e. The largest absolute Gasteiger partial charge is 0.0761 e. The van der Waals surface area contributed by atoms with E-state index in [0.717, 1.165) is 18.8 Å². The van der Waals surface area contributed by atoms with Crippen molar-refractivity contribution in [3.8, 4) is 11.1 Å². The van der Waals surface area contributed by atoms with Gasteiger partial charge in [0, 0.05) is 0 Å². The van der Waals surface area contributed by atoms with E-state index in [0.29, 0.717) is 0 Å². The van der Waals surface area contributed by atoms with Crippen LogP contribution in [0.1, 0.15) is 48.4 Å². The van der Waals surface area contributed by atoms with Crippen LogP contribution in [0, 0.1) is 19.8 Å². The second-order valence-corrected chi connectivity index (χ2v) is 8.70. The van der Waals surface area contributed by atoms with Crippen molar-refractivity contribution < 1.29 is 0 Å². The highest BCUT2D eigenvalue weighted by atomic mass is 14.2. The Morgan fingerprint density at radius 1 is 0.815 bits per heavy atom. The molecule has 0 saturated heterocycles. The Balaban J connectivity index is 1.84. The van der Waals surface area contributed by atoms with E-state index in [9.17, 15) is 0 Å². The van der Waals surface area contributed by atoms with Gasteiger partial charge in [-0.1, -0.05) is 55.5 Å². The van der Waals surface area contributed by atoms with E-state index in [4.69, 9.17) is 0 Å². The molecule has 0 amide bonds. The fourth-order valence-corrected chi connectivity index (χ4v) is 5.19. The van der Waals surface area contributed by atoms with Gasteiger partial charge in [-0.05, 0) is 106 Å². The summed E-state index contributed by atoms with van der Waals surface area (Å²) in [5, 5.41) is 5.81. The number of rotatable bonds is 1. The summed E-state index contributed by atoms with van der Waals surface area (Å²) in [5.74, 6) is 0.813. The molecule has 0 heteroatoms. The van der Waals surface area contributed by atoms with Crippen molar-refractivity contribution in [2.45, 2.75) is 52.9 Å². The van der Waals surface area contributed by atoms with Gasteiger partial charge in [0.1, 0.15) is 0 Å². The maximum atomic E-state index is 2.45. The Labute approximate surface area is 162 Å². The van der Waals surface area contributed by atoms with Crippen molar-refractivity contribution in [3.05, 3.63) is 69.1 Å². The number of fused-ring (bicyclic) bond motifs is 4. The molecule has 0 radical (unpaired) electrons. The van der Waals surface area contributed by atoms with Crippen LogP contribution < -0.4 is 10.4 Å². The Hall–Kier alpha value is -2.34. The second kappa shape index (κ2) is 6.37. The van der Waals surface area contributed by atoms with Gasteiger partial charge in [-0.3, -0.25) is 0 Å². The van der Waals surface area contributed by atoms with Crippen LogP contribution >= 0.6 is 0 Å². The van der Waals surface area contributed by atoms with Crippen LogP contribution in [0.25, 0.3) is 34.1 Å². The molecule has 3 aromatic carbocycles. The highest BCUT2D eigenvalue weighted by Crippen LogP contribution is 2.36. The minimum atomic E-state index is 0.813. The van der Waals surface area contributed by atoms with E-state index >= 15 is 0 Å². The molecule has 0 aliphatic heterocycles. The van der Waals surface area contributed by atoms with Crippen LogP contribution in [0.4, 0.5) is 0 Å². The molecule has 0 N–H and O–H groups in total. The third-order valence-electron chi connectivity index (χ3n) is 6.60. The Morgan fingerprint density at radius 2 is 1.63 bits per heavy atom. The first-order valence-electron chi connectivity index (χ1n) is 10.5. The third-order valence-corrected chi connectivity index (χ3v) is 6.60. The van der Waals surface area contributed by atoms with E-state index in [1.165, 1.54) is 62.7 Å². The first-order chi connectivity index (χ1) is 13.1. The molecule has 0 spiro atoms. The molecule has 1 atom stereocenters. The molecule has 0 bridgehead atoms. The summed E-state index contributed by atoms with van der Waals surface area (Å²) in [6, 6.07) is 14.3. The summed E-state index contributed by atoms with van der Waals surface area (Å²) in [6.45, 7) is 6.88. The summed E-state index contributed by atoms with van der Waals surface area (Å²) in [4.78, 5) is 0. The standard InChI is InChI=1S/C27H28/c1-17-8-11-22-20(14-17)10-13-25-26(22)15-18(2)16-27(25)24-12-9-19(3)21-6-4-5-7-23(21)24/h6-7,9-10,12-13,15-17H,4-5,8,11,14H2,1-3H3. The maximum Gasteiger partial charge on any atom is -0.00965 e. The van der Waals surface area contributed by atoms with Gasteiger partial charge in [0.2, 0.25) is 0 Å². The lowest BCUT2D eigenvalue weighted by atomic mass is 9.81. The van der Waals surface area contributed by atoms with Crippen LogP contribution in [0.2, 0.25) is 0 Å². The molecular weight excluding hydrogens is 324 g/mol. The number of hydrogen-bond donors (Lipinski definition) is 0. The Morgan fingerprint density at radius 3 is 2.48 bits per heavy atom. The maximum absolute atomic E-state index is 2.45. The molecule has 5 rings (SSSR count). The van der Waals surface area contributed by atoms with Crippen molar-refractivity contribution in [2.24, 2.45) is 5.92 Å². The summed E-state index contributed by atoms with van der Waals surface area (Å²) >= 11 is 0. The van der Waals surface area contributed by atoms with Gasteiger partial charge >= 0.3 is 0 Å². The van der Waals surface area contributed by atoms with Gasteiger partial charge in [-0.15, -0.1) is 0 Å². The van der Waals surface area contributed by atoms with E-state index in [1.807, 2.05) is 0 Å². The average molecular weight is 353 g/mol. The number of benzene rings is 3. The van der Waals surface area contributed by atoms with Crippen LogP contribution in [0.3, 0.4) is 0 Å². The van der Waals surface area contributed by atoms with Gasteiger partial charge in [0.05, 0.1) is 0 Å². The summed E-state index contributed by atoms with van der Waals surface area (Å²) in [7, 11) is 0. The lowest BCUT2D eigenvalue weighted by Crippen LogP contribution is -2.31. The SMILES string of the molecule is Cc1cc(-c2ccc(C)c3c2=CCCC=3)c2ccc3c(c2c1)CCC(C)C3. The summed E-state index contributed by atoms with van der Waals surface area (Å²) < 4.78 is 0. The molecule has 27 heavy (non-hydrogen) atoms. The zero-order valence-corrected chi connectivity index (χ0v) is 16.7. The van der Waals surface area contributed by atoms with Gasteiger partial charge in [-0.2, -0.15) is 0 Å². The zero-order chi connectivity index (χ0) is 18.5. The fourth-order valence-electron chi connectivity index (χ4n) is 5.19. The van der Waals surface area contributed by atoms with E-state index in [2.05, 4.69) is 69.3 Å². The van der Waals surface area contributed by atoms with Crippen molar-refractivity contribution in [3.63, 3.8) is 0 Å². The van der Waals surface area contributed by atoms with Gasteiger partial charge < -0.3 is 0 Å². The van der Waals surface area contributed by atoms with E-state index in [1.54, 1.807) is 11.1 Å². The highest BCUT2D eigenvalue weighted by molar-refractivity contribution is 6.00. The predicted octanol–water partition coefficient (Wildman–Crippen LogP) is 5.60. The molecule has 136 valence electrons. The highest BCUT2D eigenvalue weighted by Gasteiger charge is 2.19. The summed E-state index contributed by atoms with van der Waals surface area (Å²) in [6.07, 6.45) is 11.0. The Kier molecular flexibility index (Phi) is 3.97. The number of aryl methyl sites for hydroxylation is 3. The monoisotopic (exact) mass is 352 g/mol. The average Bonchev–Trinajstić information content (AvgIpc) is 2.67. The minimum Gasteiger partial charge on any atom is -0.0761 e. The van der Waals surface area contributed by atoms with E-state index in [-0.39, 0.29) is 0 Å². The molecular formula is C27H28. The molecule has 0 aromatic heterocycles. The molecule has 2 aliphatic carbocycles. The lowest BCUT2D eigenvalue weighted by Gasteiger charge is -2.24. The molecule has 0 heterocycles. The van der Waals surface area contributed by atoms with Crippen LogP contribution in [-0.2, 0) is 12.8 Å². The van der Waals surface area contributed by atoms with Crippen LogP contribution in [-0.4, -0.2) is 0 Å². The summed E-state index contributed by atoms with van der Waals surface area (Å²) in [5.41, 5.74) is 8.76. The third kappa shape index (κ3) is 2.74. The van der Waals surface area contributed by atoms with Crippen molar-refractivity contribution in [2.75, 3.05) is 0 Å². The molecule has 3 aromatic rings. The fraction of sp³-hybridized carbons (Fsp3) is 0.333. The van der Waals surface area contributed by atoms with E-state index < -0.39 is 0 Å². The quantitative estimate of drug-likeness (QED) is 0.534. The predicted molar refractivity (Wildman–Crippen MR) is 117 cm³/mol. The first kappa shape index (κ1) is 16.8.